The molecule has 2 fully saturated rings. The molecule has 0 N–H and O–H groups in total. The van der Waals surface area contributed by atoms with Crippen molar-refractivity contribution in [1.82, 2.24) is 19.7 Å². The Morgan fingerprint density at radius 1 is 1.22 bits per heavy atom. The molecule has 2 aromatic rings. The van der Waals surface area contributed by atoms with E-state index in [2.05, 4.69) is 39.8 Å². The normalized spacial score (nSPS) is 23.8. The van der Waals surface area contributed by atoms with E-state index >= 15 is 0 Å². The Labute approximate surface area is 160 Å². The molecular weight excluding hydrogens is 340 g/mol. The van der Waals surface area contributed by atoms with Crippen molar-refractivity contribution in [1.29, 1.82) is 0 Å². The van der Waals surface area contributed by atoms with Crippen molar-refractivity contribution in [2.24, 2.45) is 13.0 Å². The SMILES string of the molecule is CC(C)CN1CC(=O)N(c2cnn(C)c2)C[C@]12CCN(c1cccnc1)C2. The number of rotatable bonds is 4. The first kappa shape index (κ1) is 18.0. The lowest BCUT2D eigenvalue weighted by Crippen LogP contribution is -2.66. The van der Waals surface area contributed by atoms with Crippen LogP contribution in [0, 0.1) is 5.92 Å². The number of aryl methyl sites for hydroxylation is 1. The minimum absolute atomic E-state index is 0.0378. The smallest absolute Gasteiger partial charge is 0.241 e. The van der Waals surface area contributed by atoms with Gasteiger partial charge in [0.1, 0.15) is 0 Å². The highest BCUT2D eigenvalue weighted by Gasteiger charge is 2.49. The maximum atomic E-state index is 12.9. The molecule has 1 amide bonds. The summed E-state index contributed by atoms with van der Waals surface area (Å²) < 4.78 is 1.76. The largest absolute Gasteiger partial charge is 0.368 e. The second-order valence-corrected chi connectivity index (χ2v) is 8.23. The third-order valence-corrected chi connectivity index (χ3v) is 5.68. The summed E-state index contributed by atoms with van der Waals surface area (Å²) in [6.45, 7) is 8.45. The maximum Gasteiger partial charge on any atom is 0.241 e. The topological polar surface area (TPSA) is 57.5 Å². The van der Waals surface area contributed by atoms with Gasteiger partial charge in [0.2, 0.25) is 5.91 Å². The lowest BCUT2D eigenvalue weighted by molar-refractivity contribution is -0.124. The zero-order chi connectivity index (χ0) is 19.0. The molecule has 4 rings (SSSR count). The molecule has 1 atom stereocenters. The van der Waals surface area contributed by atoms with Gasteiger partial charge in [0.15, 0.2) is 0 Å². The third kappa shape index (κ3) is 3.43. The van der Waals surface area contributed by atoms with Crippen LogP contribution in [0.1, 0.15) is 20.3 Å². The molecule has 27 heavy (non-hydrogen) atoms. The quantitative estimate of drug-likeness (QED) is 0.823. The van der Waals surface area contributed by atoms with Crippen LogP contribution in [-0.4, -0.2) is 63.8 Å². The maximum absolute atomic E-state index is 12.9. The predicted molar refractivity (Wildman–Crippen MR) is 106 cm³/mol. The average molecular weight is 368 g/mol. The molecule has 4 heterocycles. The fourth-order valence-electron chi connectivity index (χ4n) is 4.39. The van der Waals surface area contributed by atoms with Gasteiger partial charge in [-0.15, -0.1) is 0 Å². The van der Waals surface area contributed by atoms with Crippen LogP contribution in [0.4, 0.5) is 11.4 Å². The van der Waals surface area contributed by atoms with Gasteiger partial charge in [0.25, 0.3) is 0 Å². The molecule has 2 aliphatic rings. The van der Waals surface area contributed by atoms with Crippen LogP contribution >= 0.6 is 0 Å². The number of carbonyl (C=O) groups excluding carboxylic acids is 1. The standard InChI is InChI=1S/C20H28N6O/c1-16(2)11-25-13-19(27)26(18-10-22-23(3)12-18)15-20(25)6-8-24(14-20)17-5-4-7-21-9-17/h4-5,7,9-10,12,16H,6,8,11,13-15H2,1-3H3/t20-/m1/s1. The second-order valence-electron chi connectivity index (χ2n) is 8.23. The number of aromatic nitrogens is 3. The van der Waals surface area contributed by atoms with Gasteiger partial charge in [-0.2, -0.15) is 5.10 Å². The van der Waals surface area contributed by atoms with Crippen molar-refractivity contribution < 1.29 is 4.79 Å². The van der Waals surface area contributed by atoms with E-state index in [1.807, 2.05) is 36.6 Å². The van der Waals surface area contributed by atoms with E-state index in [0.717, 1.165) is 37.4 Å². The molecule has 0 unspecified atom stereocenters. The van der Waals surface area contributed by atoms with Crippen LogP contribution in [0.2, 0.25) is 0 Å². The Bertz CT molecular complexity index is 804. The van der Waals surface area contributed by atoms with E-state index in [0.29, 0.717) is 19.0 Å². The van der Waals surface area contributed by atoms with Crippen molar-refractivity contribution in [3.05, 3.63) is 36.9 Å². The monoisotopic (exact) mass is 368 g/mol. The van der Waals surface area contributed by atoms with Crippen LogP contribution in [0.5, 0.6) is 0 Å². The summed E-state index contributed by atoms with van der Waals surface area (Å²) in [5, 5.41) is 4.26. The van der Waals surface area contributed by atoms with Gasteiger partial charge in [-0.1, -0.05) is 13.8 Å². The third-order valence-electron chi connectivity index (χ3n) is 5.68. The molecule has 0 bridgehead atoms. The van der Waals surface area contributed by atoms with Gasteiger partial charge in [-0.25, -0.2) is 0 Å². The van der Waals surface area contributed by atoms with Gasteiger partial charge >= 0.3 is 0 Å². The number of amides is 1. The number of hydrogen-bond acceptors (Lipinski definition) is 5. The summed E-state index contributed by atoms with van der Waals surface area (Å²) in [5.41, 5.74) is 2.01. The van der Waals surface area contributed by atoms with Gasteiger partial charge in [0.05, 0.1) is 35.9 Å². The molecule has 0 radical (unpaired) electrons. The molecule has 7 nitrogen and oxygen atoms in total. The van der Waals surface area contributed by atoms with E-state index in [1.165, 1.54) is 0 Å². The summed E-state index contributed by atoms with van der Waals surface area (Å²) in [6.07, 6.45) is 8.50. The molecule has 2 aliphatic heterocycles. The Morgan fingerprint density at radius 3 is 2.74 bits per heavy atom. The Hall–Kier alpha value is -2.41. The average Bonchev–Trinajstić information content (AvgIpc) is 3.26. The van der Waals surface area contributed by atoms with Gasteiger partial charge < -0.3 is 9.80 Å². The summed E-state index contributed by atoms with van der Waals surface area (Å²) >= 11 is 0. The van der Waals surface area contributed by atoms with E-state index in [9.17, 15) is 4.79 Å². The molecule has 0 saturated carbocycles. The lowest BCUT2D eigenvalue weighted by Gasteiger charge is -2.48. The zero-order valence-corrected chi connectivity index (χ0v) is 16.4. The predicted octanol–water partition coefficient (Wildman–Crippen LogP) is 1.77. The highest BCUT2D eigenvalue weighted by atomic mass is 16.2. The molecule has 2 saturated heterocycles. The first-order valence-electron chi connectivity index (χ1n) is 9.66. The second kappa shape index (κ2) is 6.96. The molecule has 0 aromatic carbocycles. The Balaban J connectivity index is 1.63. The summed E-state index contributed by atoms with van der Waals surface area (Å²) in [4.78, 5) is 23.9. The zero-order valence-electron chi connectivity index (χ0n) is 16.4. The van der Waals surface area contributed by atoms with Crippen LogP contribution in [0.3, 0.4) is 0 Å². The minimum atomic E-state index is -0.0378. The van der Waals surface area contributed by atoms with Crippen molar-refractivity contribution in [3.63, 3.8) is 0 Å². The van der Waals surface area contributed by atoms with E-state index in [4.69, 9.17) is 0 Å². The minimum Gasteiger partial charge on any atom is -0.368 e. The van der Waals surface area contributed by atoms with Crippen LogP contribution in [0.25, 0.3) is 0 Å². The number of carbonyl (C=O) groups is 1. The van der Waals surface area contributed by atoms with Crippen molar-refractivity contribution in [3.8, 4) is 0 Å². The lowest BCUT2D eigenvalue weighted by atomic mass is 9.91. The number of nitrogens with zero attached hydrogens (tertiary/aromatic N) is 6. The molecular formula is C20H28N6O. The van der Waals surface area contributed by atoms with E-state index in [1.54, 1.807) is 10.9 Å². The fourth-order valence-corrected chi connectivity index (χ4v) is 4.39. The summed E-state index contributed by atoms with van der Waals surface area (Å²) in [6, 6.07) is 4.10. The van der Waals surface area contributed by atoms with Crippen LogP contribution in [-0.2, 0) is 11.8 Å². The molecule has 2 aromatic heterocycles. The molecule has 144 valence electrons. The van der Waals surface area contributed by atoms with Gasteiger partial charge in [-0.05, 0) is 24.5 Å². The van der Waals surface area contributed by atoms with Crippen LogP contribution in [0.15, 0.2) is 36.9 Å². The van der Waals surface area contributed by atoms with Crippen molar-refractivity contribution in [2.45, 2.75) is 25.8 Å². The highest BCUT2D eigenvalue weighted by Crippen LogP contribution is 2.36. The Morgan fingerprint density at radius 2 is 2.07 bits per heavy atom. The van der Waals surface area contributed by atoms with Gasteiger partial charge in [0, 0.05) is 45.6 Å². The van der Waals surface area contributed by atoms with Crippen LogP contribution < -0.4 is 9.80 Å². The summed E-state index contributed by atoms with van der Waals surface area (Å²) in [5.74, 6) is 0.682. The number of anilines is 2. The molecule has 7 heteroatoms. The molecule has 0 aliphatic carbocycles. The Kier molecular flexibility index (Phi) is 4.63. The first-order chi connectivity index (χ1) is 13.0. The first-order valence-corrected chi connectivity index (χ1v) is 9.66. The molecule has 1 spiro atoms. The van der Waals surface area contributed by atoms with Crippen molar-refractivity contribution >= 4 is 17.3 Å². The van der Waals surface area contributed by atoms with Gasteiger partial charge in [-0.3, -0.25) is 19.4 Å². The highest BCUT2D eigenvalue weighted by molar-refractivity contribution is 5.95. The number of piperazine rings is 1. The van der Waals surface area contributed by atoms with Crippen molar-refractivity contribution in [2.75, 3.05) is 42.5 Å². The number of pyridine rings is 1. The fraction of sp³-hybridized carbons (Fsp3) is 0.550. The van der Waals surface area contributed by atoms with E-state index in [-0.39, 0.29) is 11.4 Å². The number of hydrogen-bond donors (Lipinski definition) is 0. The summed E-state index contributed by atoms with van der Waals surface area (Å²) in [7, 11) is 1.89. The van der Waals surface area contributed by atoms with E-state index < -0.39 is 0 Å².